The average molecular weight is 296 g/mol. The number of nitrogen functional groups attached to an aromatic ring is 1. The normalized spacial score (nSPS) is 26.0. The van der Waals surface area contributed by atoms with Crippen LogP contribution in [0.4, 0.5) is 11.5 Å². The van der Waals surface area contributed by atoms with Gasteiger partial charge in [0.15, 0.2) is 0 Å². The first-order valence-electron chi connectivity index (χ1n) is 7.74. The monoisotopic (exact) mass is 296 g/mol. The van der Waals surface area contributed by atoms with E-state index in [2.05, 4.69) is 16.4 Å². The molecule has 2 aromatic rings. The van der Waals surface area contributed by atoms with Gasteiger partial charge in [-0.1, -0.05) is 12.1 Å². The third-order valence-corrected chi connectivity index (χ3v) is 5.18. The quantitative estimate of drug-likeness (QED) is 0.911. The molecule has 22 heavy (non-hydrogen) atoms. The Labute approximate surface area is 129 Å². The van der Waals surface area contributed by atoms with Crippen molar-refractivity contribution in [1.82, 2.24) is 9.88 Å². The zero-order chi connectivity index (χ0) is 15.3. The number of carbonyl (C=O) groups is 1. The molecule has 2 saturated heterocycles. The third-order valence-electron chi connectivity index (χ3n) is 5.18. The van der Waals surface area contributed by atoms with E-state index in [1.807, 2.05) is 23.1 Å². The minimum Gasteiger partial charge on any atom is -0.383 e. The van der Waals surface area contributed by atoms with Crippen LogP contribution >= 0.6 is 0 Å². The second-order valence-corrected chi connectivity index (χ2v) is 6.58. The van der Waals surface area contributed by atoms with Gasteiger partial charge in [-0.3, -0.25) is 4.79 Å². The topological polar surface area (TPSA) is 71.2 Å². The molecule has 0 radical (unpaired) electrons. The summed E-state index contributed by atoms with van der Waals surface area (Å²) in [6, 6.07) is 8.01. The van der Waals surface area contributed by atoms with Crippen molar-refractivity contribution in [2.24, 2.45) is 5.92 Å². The molecule has 3 heterocycles. The smallest absolute Gasteiger partial charge is 0.219 e. The summed E-state index contributed by atoms with van der Waals surface area (Å²) in [7, 11) is 0. The maximum absolute atomic E-state index is 11.8. The van der Waals surface area contributed by atoms with Gasteiger partial charge in [-0.2, -0.15) is 0 Å². The van der Waals surface area contributed by atoms with E-state index in [0.29, 0.717) is 11.7 Å². The molecule has 114 valence electrons. The van der Waals surface area contributed by atoms with Crippen LogP contribution in [0, 0.1) is 5.92 Å². The highest BCUT2D eigenvalue weighted by atomic mass is 16.2. The molecular weight excluding hydrogens is 276 g/mol. The SMILES string of the molecule is CC(=O)N1CC2CC1(CNc1cccc3c(N)nccc13)C2. The van der Waals surface area contributed by atoms with Gasteiger partial charge in [-0.25, -0.2) is 4.98 Å². The molecule has 1 saturated carbocycles. The van der Waals surface area contributed by atoms with E-state index < -0.39 is 0 Å². The lowest BCUT2D eigenvalue weighted by Gasteiger charge is -2.42. The van der Waals surface area contributed by atoms with E-state index in [1.54, 1.807) is 13.1 Å². The lowest BCUT2D eigenvalue weighted by atomic mass is 9.73. The van der Waals surface area contributed by atoms with Crippen LogP contribution in [0.1, 0.15) is 19.8 Å². The minimum absolute atomic E-state index is 0.0112. The van der Waals surface area contributed by atoms with Crippen molar-refractivity contribution in [1.29, 1.82) is 0 Å². The number of amides is 1. The van der Waals surface area contributed by atoms with Crippen molar-refractivity contribution < 1.29 is 4.79 Å². The van der Waals surface area contributed by atoms with Crippen LogP contribution in [0.5, 0.6) is 0 Å². The van der Waals surface area contributed by atoms with E-state index in [-0.39, 0.29) is 11.4 Å². The summed E-state index contributed by atoms with van der Waals surface area (Å²) in [4.78, 5) is 18.0. The van der Waals surface area contributed by atoms with Crippen molar-refractivity contribution in [3.05, 3.63) is 30.5 Å². The lowest BCUT2D eigenvalue weighted by Crippen LogP contribution is -2.52. The Kier molecular flexibility index (Phi) is 2.79. The maximum Gasteiger partial charge on any atom is 0.219 e. The summed E-state index contributed by atoms with van der Waals surface area (Å²) in [5.74, 6) is 1.43. The van der Waals surface area contributed by atoms with Gasteiger partial charge in [0, 0.05) is 42.7 Å². The summed E-state index contributed by atoms with van der Waals surface area (Å²) in [6.45, 7) is 3.39. The average Bonchev–Trinajstić information content (AvgIpc) is 3.01. The summed E-state index contributed by atoms with van der Waals surface area (Å²) in [5, 5.41) is 5.59. The fourth-order valence-corrected chi connectivity index (χ4v) is 4.16. The fourth-order valence-electron chi connectivity index (χ4n) is 4.16. The first-order valence-corrected chi connectivity index (χ1v) is 7.74. The van der Waals surface area contributed by atoms with Crippen molar-refractivity contribution in [3.8, 4) is 0 Å². The molecule has 1 amide bonds. The number of hydrogen-bond donors (Lipinski definition) is 2. The number of hydrogen-bond acceptors (Lipinski definition) is 4. The van der Waals surface area contributed by atoms with Crippen molar-refractivity contribution >= 4 is 28.2 Å². The predicted molar refractivity (Wildman–Crippen MR) is 87.5 cm³/mol. The number of benzene rings is 1. The zero-order valence-corrected chi connectivity index (χ0v) is 12.7. The summed E-state index contributed by atoms with van der Waals surface area (Å²) in [6.07, 6.45) is 3.97. The number of rotatable bonds is 3. The number of nitrogens with zero attached hydrogens (tertiary/aromatic N) is 2. The second kappa shape index (κ2) is 4.60. The molecule has 0 atom stereocenters. The molecule has 5 rings (SSSR count). The van der Waals surface area contributed by atoms with E-state index in [9.17, 15) is 4.79 Å². The van der Waals surface area contributed by atoms with Gasteiger partial charge in [-0.15, -0.1) is 0 Å². The second-order valence-electron chi connectivity index (χ2n) is 6.58. The summed E-state index contributed by atoms with van der Waals surface area (Å²) in [5.41, 5.74) is 7.01. The van der Waals surface area contributed by atoms with Gasteiger partial charge < -0.3 is 16.0 Å². The Bertz CT molecular complexity index is 751. The highest BCUT2D eigenvalue weighted by molar-refractivity contribution is 5.99. The zero-order valence-electron chi connectivity index (χ0n) is 12.7. The molecule has 5 heteroatoms. The van der Waals surface area contributed by atoms with Crippen LogP contribution in [0.3, 0.4) is 0 Å². The van der Waals surface area contributed by atoms with Crippen LogP contribution in [-0.2, 0) is 4.79 Å². The number of carbonyl (C=O) groups excluding carboxylic acids is 1. The van der Waals surface area contributed by atoms with Gasteiger partial charge in [-0.05, 0) is 30.9 Å². The molecule has 1 aliphatic carbocycles. The number of aromatic nitrogens is 1. The number of nitrogens with one attached hydrogen (secondary N) is 1. The van der Waals surface area contributed by atoms with Crippen LogP contribution in [0.2, 0.25) is 0 Å². The molecule has 1 aromatic carbocycles. The van der Waals surface area contributed by atoms with Crippen molar-refractivity contribution in [2.45, 2.75) is 25.3 Å². The Morgan fingerprint density at radius 1 is 1.41 bits per heavy atom. The maximum atomic E-state index is 11.8. The molecule has 3 aliphatic rings. The van der Waals surface area contributed by atoms with E-state index in [4.69, 9.17) is 5.73 Å². The Morgan fingerprint density at radius 2 is 2.23 bits per heavy atom. The predicted octanol–water partition coefficient (Wildman–Crippen LogP) is 2.24. The number of pyridine rings is 1. The van der Waals surface area contributed by atoms with Crippen LogP contribution in [-0.4, -0.2) is 34.4 Å². The number of anilines is 2. The lowest BCUT2D eigenvalue weighted by molar-refractivity contribution is -0.132. The minimum atomic E-state index is 0.0112. The molecule has 5 nitrogen and oxygen atoms in total. The first-order chi connectivity index (χ1) is 10.6. The van der Waals surface area contributed by atoms with Crippen LogP contribution in [0.25, 0.3) is 10.8 Å². The molecule has 0 spiro atoms. The molecule has 1 aromatic heterocycles. The highest BCUT2D eigenvalue weighted by Crippen LogP contribution is 2.50. The Hall–Kier alpha value is -2.30. The fraction of sp³-hybridized carbons (Fsp3) is 0.412. The summed E-state index contributed by atoms with van der Waals surface area (Å²) < 4.78 is 0. The van der Waals surface area contributed by atoms with E-state index in [1.165, 1.54) is 0 Å². The van der Waals surface area contributed by atoms with Gasteiger partial charge in [0.2, 0.25) is 5.91 Å². The number of fused-ring (bicyclic) bond motifs is 2. The van der Waals surface area contributed by atoms with Gasteiger partial charge in [0.1, 0.15) is 5.82 Å². The number of nitrogens with two attached hydrogens (primary N) is 1. The largest absolute Gasteiger partial charge is 0.383 e. The molecule has 0 unspecified atom stereocenters. The van der Waals surface area contributed by atoms with Gasteiger partial charge in [0.05, 0.1) is 5.54 Å². The third kappa shape index (κ3) is 1.85. The standard InChI is InChI=1S/C17H20N4O/c1-11(22)21-9-12-7-17(21,8-12)10-20-15-4-2-3-14-13(15)5-6-19-16(14)18/h2-6,12,20H,7-10H2,1H3,(H2,18,19). The Morgan fingerprint density at radius 3 is 3.00 bits per heavy atom. The first kappa shape index (κ1) is 13.4. The highest BCUT2D eigenvalue weighted by Gasteiger charge is 2.56. The van der Waals surface area contributed by atoms with E-state index >= 15 is 0 Å². The van der Waals surface area contributed by atoms with Crippen LogP contribution in [0.15, 0.2) is 30.5 Å². The van der Waals surface area contributed by atoms with Gasteiger partial charge >= 0.3 is 0 Å². The Balaban J connectivity index is 1.60. The van der Waals surface area contributed by atoms with E-state index in [0.717, 1.165) is 42.4 Å². The van der Waals surface area contributed by atoms with Crippen LogP contribution < -0.4 is 11.1 Å². The molecule has 2 aliphatic heterocycles. The molecule has 3 N–H and O–H groups in total. The van der Waals surface area contributed by atoms with Crippen molar-refractivity contribution in [2.75, 3.05) is 24.1 Å². The van der Waals surface area contributed by atoms with Crippen molar-refractivity contribution in [3.63, 3.8) is 0 Å². The molecular formula is C17H20N4O. The molecule has 2 bridgehead atoms. The summed E-state index contributed by atoms with van der Waals surface area (Å²) >= 11 is 0. The molecule has 3 fully saturated rings. The van der Waals surface area contributed by atoms with Gasteiger partial charge in [0.25, 0.3) is 0 Å².